The van der Waals surface area contributed by atoms with E-state index in [0.717, 1.165) is 5.57 Å². The number of nitrogens with two attached hydrogens (primary N) is 2. The van der Waals surface area contributed by atoms with Gasteiger partial charge in [-0.25, -0.2) is 4.79 Å². The monoisotopic (exact) mass is 234 g/mol. The summed E-state index contributed by atoms with van der Waals surface area (Å²) in [5.41, 5.74) is 14.1. The molecule has 1 atom stereocenters. The van der Waals surface area contributed by atoms with Crippen molar-refractivity contribution in [3.05, 3.63) is 35.4 Å². The number of allylic oxidation sites excluding steroid dienone is 1. The van der Waals surface area contributed by atoms with Crippen LogP contribution in [0.5, 0.6) is 0 Å². The van der Waals surface area contributed by atoms with E-state index in [1.54, 1.807) is 6.07 Å². The maximum atomic E-state index is 11.2. The van der Waals surface area contributed by atoms with Crippen LogP contribution >= 0.6 is 0 Å². The van der Waals surface area contributed by atoms with E-state index in [1.807, 2.05) is 13.8 Å². The van der Waals surface area contributed by atoms with E-state index in [1.165, 1.54) is 6.07 Å². The zero-order valence-corrected chi connectivity index (χ0v) is 10.2. The lowest BCUT2D eigenvalue weighted by molar-refractivity contribution is 0.0695. The van der Waals surface area contributed by atoms with Crippen LogP contribution < -0.4 is 11.5 Å². The Morgan fingerprint density at radius 3 is 2.53 bits per heavy atom. The number of nitrogen functional groups attached to an aromatic ring is 2. The number of hydrogen-bond acceptors (Lipinski definition) is 3. The number of benzene rings is 1. The van der Waals surface area contributed by atoms with E-state index in [9.17, 15) is 4.79 Å². The fourth-order valence-corrected chi connectivity index (χ4v) is 2.05. The molecule has 1 unspecified atom stereocenters. The molecule has 0 radical (unpaired) electrons. The van der Waals surface area contributed by atoms with Gasteiger partial charge in [0.15, 0.2) is 0 Å². The highest BCUT2D eigenvalue weighted by atomic mass is 16.4. The molecule has 4 heteroatoms. The summed E-state index contributed by atoms with van der Waals surface area (Å²) >= 11 is 0. The van der Waals surface area contributed by atoms with Crippen molar-refractivity contribution in [2.24, 2.45) is 0 Å². The second kappa shape index (κ2) is 4.91. The molecule has 1 aromatic carbocycles. The van der Waals surface area contributed by atoms with Crippen LogP contribution in [-0.2, 0) is 0 Å². The molecule has 92 valence electrons. The average molecular weight is 234 g/mol. The molecule has 1 rings (SSSR count). The third kappa shape index (κ3) is 3.00. The minimum absolute atomic E-state index is 0.0131. The fraction of sp³-hybridized carbons (Fsp3) is 0.308. The molecule has 0 aliphatic rings. The number of carbonyl (C=O) groups is 1. The summed E-state index contributed by atoms with van der Waals surface area (Å²) in [5.74, 6) is -0.994. The summed E-state index contributed by atoms with van der Waals surface area (Å²) in [6, 6.07) is 3.04. The molecule has 0 saturated heterocycles. The average Bonchev–Trinajstić information content (AvgIpc) is 2.14. The quantitative estimate of drug-likeness (QED) is 0.551. The van der Waals surface area contributed by atoms with Gasteiger partial charge in [0.2, 0.25) is 0 Å². The van der Waals surface area contributed by atoms with Crippen LogP contribution in [0.2, 0.25) is 0 Å². The molecule has 5 N–H and O–H groups in total. The Morgan fingerprint density at radius 1 is 1.47 bits per heavy atom. The summed E-state index contributed by atoms with van der Waals surface area (Å²) in [5, 5.41) is 9.16. The third-order valence-electron chi connectivity index (χ3n) is 2.61. The van der Waals surface area contributed by atoms with E-state index in [0.29, 0.717) is 23.4 Å². The van der Waals surface area contributed by atoms with E-state index in [2.05, 4.69) is 6.58 Å². The van der Waals surface area contributed by atoms with Gasteiger partial charge in [-0.05, 0) is 37.0 Å². The highest BCUT2D eigenvalue weighted by Crippen LogP contribution is 2.32. The zero-order valence-electron chi connectivity index (χ0n) is 10.2. The van der Waals surface area contributed by atoms with Gasteiger partial charge >= 0.3 is 5.97 Å². The first-order valence-electron chi connectivity index (χ1n) is 5.39. The second-order valence-corrected chi connectivity index (χ2v) is 4.44. The predicted octanol–water partition coefficient (Wildman–Crippen LogP) is 2.62. The number of rotatable bonds is 4. The number of anilines is 2. The van der Waals surface area contributed by atoms with Gasteiger partial charge in [-0.2, -0.15) is 0 Å². The maximum Gasteiger partial charge on any atom is 0.336 e. The minimum atomic E-state index is -1.01. The normalized spacial score (nSPS) is 12.1. The van der Waals surface area contributed by atoms with Crippen molar-refractivity contribution in [2.45, 2.75) is 26.2 Å². The smallest absolute Gasteiger partial charge is 0.336 e. The Bertz CT molecular complexity index is 467. The van der Waals surface area contributed by atoms with Gasteiger partial charge in [-0.1, -0.05) is 12.5 Å². The molecule has 0 heterocycles. The van der Waals surface area contributed by atoms with Crippen LogP contribution in [0.3, 0.4) is 0 Å². The van der Waals surface area contributed by atoms with Crippen LogP contribution in [0.15, 0.2) is 24.3 Å². The highest BCUT2D eigenvalue weighted by molar-refractivity contribution is 5.93. The number of carboxylic acid groups (broad SMARTS) is 1. The SMILES string of the molecule is C=C(C)CC(C)c1c(N)cc(N)cc1C(=O)O. The third-order valence-corrected chi connectivity index (χ3v) is 2.61. The van der Waals surface area contributed by atoms with Crippen molar-refractivity contribution in [2.75, 3.05) is 11.5 Å². The van der Waals surface area contributed by atoms with Crippen LogP contribution in [0.1, 0.15) is 42.1 Å². The first-order chi connectivity index (χ1) is 7.82. The zero-order chi connectivity index (χ0) is 13.2. The minimum Gasteiger partial charge on any atom is -0.478 e. The molecule has 0 bridgehead atoms. The van der Waals surface area contributed by atoms with E-state index in [-0.39, 0.29) is 11.5 Å². The van der Waals surface area contributed by atoms with Crippen LogP contribution in [0.25, 0.3) is 0 Å². The molecule has 17 heavy (non-hydrogen) atoms. The molecule has 0 amide bonds. The van der Waals surface area contributed by atoms with Gasteiger partial charge in [0.1, 0.15) is 0 Å². The Hall–Kier alpha value is -1.97. The van der Waals surface area contributed by atoms with Crippen molar-refractivity contribution in [3.8, 4) is 0 Å². The lowest BCUT2D eigenvalue weighted by atomic mass is 9.89. The molecule has 0 spiro atoms. The van der Waals surface area contributed by atoms with E-state index < -0.39 is 5.97 Å². The number of carboxylic acids is 1. The van der Waals surface area contributed by atoms with Crippen LogP contribution in [-0.4, -0.2) is 11.1 Å². The van der Waals surface area contributed by atoms with Gasteiger partial charge in [0, 0.05) is 11.4 Å². The van der Waals surface area contributed by atoms with Crippen molar-refractivity contribution in [1.82, 2.24) is 0 Å². The number of hydrogen-bond donors (Lipinski definition) is 3. The van der Waals surface area contributed by atoms with Gasteiger partial charge in [-0.3, -0.25) is 0 Å². The Balaban J connectivity index is 3.30. The largest absolute Gasteiger partial charge is 0.478 e. The molecule has 0 saturated carbocycles. The van der Waals surface area contributed by atoms with Crippen molar-refractivity contribution in [1.29, 1.82) is 0 Å². The number of aromatic carboxylic acids is 1. The van der Waals surface area contributed by atoms with Crippen molar-refractivity contribution < 1.29 is 9.90 Å². The fourth-order valence-electron chi connectivity index (χ4n) is 2.05. The summed E-state index contributed by atoms with van der Waals surface area (Å²) < 4.78 is 0. The van der Waals surface area contributed by atoms with Gasteiger partial charge in [0.05, 0.1) is 5.56 Å². The maximum absolute atomic E-state index is 11.2. The lowest BCUT2D eigenvalue weighted by Crippen LogP contribution is -2.10. The van der Waals surface area contributed by atoms with Crippen molar-refractivity contribution >= 4 is 17.3 Å². The lowest BCUT2D eigenvalue weighted by Gasteiger charge is -2.17. The summed E-state index contributed by atoms with van der Waals surface area (Å²) in [6.07, 6.45) is 0.703. The summed E-state index contributed by atoms with van der Waals surface area (Å²) in [7, 11) is 0. The molecule has 0 fully saturated rings. The van der Waals surface area contributed by atoms with Crippen LogP contribution in [0, 0.1) is 0 Å². The van der Waals surface area contributed by atoms with Crippen molar-refractivity contribution in [3.63, 3.8) is 0 Å². The second-order valence-electron chi connectivity index (χ2n) is 4.44. The molecule has 0 aliphatic carbocycles. The first kappa shape index (κ1) is 13.1. The Kier molecular flexibility index (Phi) is 3.78. The van der Waals surface area contributed by atoms with Gasteiger partial charge in [0.25, 0.3) is 0 Å². The molecule has 0 aromatic heterocycles. The Labute approximate surface area is 101 Å². The van der Waals surface area contributed by atoms with Crippen LogP contribution in [0.4, 0.5) is 11.4 Å². The standard InChI is InChI=1S/C13H18N2O2/c1-7(2)4-8(3)12-10(13(16)17)5-9(14)6-11(12)15/h5-6,8H,1,4,14-15H2,2-3H3,(H,16,17). The highest BCUT2D eigenvalue weighted by Gasteiger charge is 2.19. The summed E-state index contributed by atoms with van der Waals surface area (Å²) in [6.45, 7) is 7.67. The predicted molar refractivity (Wildman–Crippen MR) is 70.1 cm³/mol. The van der Waals surface area contributed by atoms with Gasteiger partial charge < -0.3 is 16.6 Å². The first-order valence-corrected chi connectivity index (χ1v) is 5.39. The topological polar surface area (TPSA) is 89.3 Å². The molecule has 1 aromatic rings. The molecule has 0 aliphatic heterocycles. The van der Waals surface area contributed by atoms with E-state index >= 15 is 0 Å². The molecular weight excluding hydrogens is 216 g/mol. The Morgan fingerprint density at radius 2 is 2.06 bits per heavy atom. The molecular formula is C13H18N2O2. The molecule has 4 nitrogen and oxygen atoms in total. The van der Waals surface area contributed by atoms with Gasteiger partial charge in [-0.15, -0.1) is 6.58 Å². The summed E-state index contributed by atoms with van der Waals surface area (Å²) in [4.78, 5) is 11.2. The van der Waals surface area contributed by atoms with E-state index in [4.69, 9.17) is 16.6 Å².